The fourth-order valence-corrected chi connectivity index (χ4v) is 3.00. The predicted octanol–water partition coefficient (Wildman–Crippen LogP) is 2.37. The highest BCUT2D eigenvalue weighted by molar-refractivity contribution is 7.91. The average Bonchev–Trinajstić information content (AvgIpc) is 2.31. The van der Waals surface area contributed by atoms with Gasteiger partial charge in [0.15, 0.2) is 9.84 Å². The maximum Gasteiger partial charge on any atom is 0.163 e. The minimum atomic E-state index is -3.11. The lowest BCUT2D eigenvalue weighted by Gasteiger charge is -2.41. The fraction of sp³-hybridized carbons (Fsp3) is 0.625. The molecule has 1 heterocycles. The normalized spacial score (nSPS) is 22.3. The lowest BCUT2D eigenvalue weighted by Crippen LogP contribution is -2.57. The molecule has 2 atom stereocenters. The molecule has 0 saturated heterocycles. The van der Waals surface area contributed by atoms with Crippen LogP contribution in [0.5, 0.6) is 5.75 Å². The molecule has 0 amide bonds. The van der Waals surface area contributed by atoms with Gasteiger partial charge in [-0.2, -0.15) is 0 Å². The van der Waals surface area contributed by atoms with Crippen LogP contribution in [-0.2, 0) is 16.3 Å². The van der Waals surface area contributed by atoms with E-state index in [-0.39, 0.29) is 6.04 Å². The average molecular weight is 311 g/mol. The van der Waals surface area contributed by atoms with Crippen LogP contribution in [0.2, 0.25) is 0 Å². The van der Waals surface area contributed by atoms with Gasteiger partial charge in [-0.3, -0.25) is 5.32 Å². The molecule has 118 valence electrons. The van der Waals surface area contributed by atoms with Crippen LogP contribution >= 0.6 is 0 Å². The Morgan fingerprint density at radius 3 is 2.43 bits per heavy atom. The van der Waals surface area contributed by atoms with Gasteiger partial charge < -0.3 is 4.74 Å². The van der Waals surface area contributed by atoms with Crippen molar-refractivity contribution < 1.29 is 13.2 Å². The van der Waals surface area contributed by atoms with E-state index >= 15 is 0 Å². The molecule has 1 aromatic carbocycles. The summed E-state index contributed by atoms with van der Waals surface area (Å²) in [6, 6.07) is 4.17. The van der Waals surface area contributed by atoms with E-state index in [9.17, 15) is 8.42 Å². The first-order valence-corrected chi connectivity index (χ1v) is 9.20. The van der Waals surface area contributed by atoms with E-state index in [1.54, 1.807) is 6.92 Å². The van der Waals surface area contributed by atoms with E-state index in [0.717, 1.165) is 17.7 Å². The minimum absolute atomic E-state index is 0.0446. The molecule has 0 aromatic heterocycles. The van der Waals surface area contributed by atoms with Gasteiger partial charge in [0.05, 0.1) is 6.04 Å². The molecule has 1 N–H and O–H groups in total. The number of ether oxygens (including phenoxy) is 1. The van der Waals surface area contributed by atoms with Gasteiger partial charge in [0.1, 0.15) is 16.7 Å². The fourth-order valence-electron chi connectivity index (χ4n) is 2.59. The van der Waals surface area contributed by atoms with E-state index in [2.05, 4.69) is 31.3 Å². The molecular formula is C16H25NO3S. The first-order chi connectivity index (χ1) is 9.50. The Hall–Kier alpha value is -1.07. The smallest absolute Gasteiger partial charge is 0.163 e. The van der Waals surface area contributed by atoms with Crippen molar-refractivity contribution in [3.8, 4) is 5.75 Å². The zero-order chi connectivity index (χ0) is 16.0. The van der Waals surface area contributed by atoms with Crippen molar-refractivity contribution in [1.82, 2.24) is 5.32 Å². The summed E-state index contributed by atoms with van der Waals surface area (Å²) in [6.45, 7) is 9.83. The Bertz CT molecular complexity index is 650. The van der Waals surface area contributed by atoms with Crippen LogP contribution in [0.15, 0.2) is 12.1 Å². The molecule has 5 heteroatoms. The van der Waals surface area contributed by atoms with E-state index < -0.39 is 20.8 Å². The molecule has 0 radical (unpaired) electrons. The monoisotopic (exact) mass is 311 g/mol. The summed E-state index contributed by atoms with van der Waals surface area (Å²) in [4.78, 5) is 0. The third-order valence-electron chi connectivity index (χ3n) is 4.39. The maximum atomic E-state index is 11.7. The van der Waals surface area contributed by atoms with E-state index in [4.69, 9.17) is 4.74 Å². The Kier molecular flexibility index (Phi) is 4.10. The van der Waals surface area contributed by atoms with E-state index in [0.29, 0.717) is 0 Å². The first-order valence-electron chi connectivity index (χ1n) is 7.25. The summed E-state index contributed by atoms with van der Waals surface area (Å²) < 4.78 is 29.4. The Morgan fingerprint density at radius 2 is 1.86 bits per heavy atom. The number of hydrogen-bond donors (Lipinski definition) is 1. The van der Waals surface area contributed by atoms with Crippen LogP contribution in [0.25, 0.3) is 0 Å². The van der Waals surface area contributed by atoms with E-state index in [1.165, 1.54) is 17.4 Å². The number of nitrogens with one attached hydrogen (secondary N) is 1. The van der Waals surface area contributed by atoms with Crippen LogP contribution in [-0.4, -0.2) is 31.7 Å². The summed E-state index contributed by atoms with van der Waals surface area (Å²) in [7, 11) is -3.11. The SMILES string of the molecule is Cc1cc2c(cc1C)OC(C)(C)C(NC(C)S(C)(=O)=O)C2. The molecular weight excluding hydrogens is 286 g/mol. The molecule has 1 aliphatic heterocycles. The van der Waals surface area contributed by atoms with Crippen molar-refractivity contribution >= 4 is 9.84 Å². The lowest BCUT2D eigenvalue weighted by molar-refractivity contribution is 0.0474. The summed E-state index contributed by atoms with van der Waals surface area (Å²) in [5.74, 6) is 0.910. The summed E-state index contributed by atoms with van der Waals surface area (Å²) >= 11 is 0. The largest absolute Gasteiger partial charge is 0.486 e. The first kappa shape index (κ1) is 16.3. The summed E-state index contributed by atoms with van der Waals surface area (Å²) in [5, 5.41) is 2.63. The third kappa shape index (κ3) is 3.40. The van der Waals surface area contributed by atoms with Crippen molar-refractivity contribution in [2.24, 2.45) is 0 Å². The number of rotatable bonds is 3. The van der Waals surface area contributed by atoms with Gasteiger partial charge >= 0.3 is 0 Å². The van der Waals surface area contributed by atoms with Crippen molar-refractivity contribution in [1.29, 1.82) is 0 Å². The van der Waals surface area contributed by atoms with Crippen molar-refractivity contribution in [3.63, 3.8) is 0 Å². The molecule has 0 aliphatic carbocycles. The van der Waals surface area contributed by atoms with Gasteiger partial charge in [-0.05, 0) is 63.8 Å². The molecule has 1 aliphatic rings. The van der Waals surface area contributed by atoms with Crippen LogP contribution in [0.3, 0.4) is 0 Å². The van der Waals surface area contributed by atoms with Crippen molar-refractivity contribution in [2.75, 3.05) is 6.26 Å². The number of aryl methyl sites for hydroxylation is 2. The highest BCUT2D eigenvalue weighted by Gasteiger charge is 2.38. The van der Waals surface area contributed by atoms with Crippen LogP contribution < -0.4 is 10.1 Å². The van der Waals surface area contributed by atoms with Crippen LogP contribution in [0.1, 0.15) is 37.5 Å². The van der Waals surface area contributed by atoms with Gasteiger partial charge in [0, 0.05) is 6.26 Å². The molecule has 0 bridgehead atoms. The minimum Gasteiger partial charge on any atom is -0.486 e. The highest BCUT2D eigenvalue weighted by atomic mass is 32.2. The predicted molar refractivity (Wildman–Crippen MR) is 85.6 cm³/mol. The molecule has 4 nitrogen and oxygen atoms in total. The van der Waals surface area contributed by atoms with Crippen molar-refractivity contribution in [3.05, 3.63) is 28.8 Å². The molecule has 21 heavy (non-hydrogen) atoms. The third-order valence-corrected chi connectivity index (χ3v) is 5.81. The number of hydrogen-bond acceptors (Lipinski definition) is 4. The lowest BCUT2D eigenvalue weighted by atomic mass is 9.87. The number of fused-ring (bicyclic) bond motifs is 1. The number of sulfone groups is 1. The van der Waals surface area contributed by atoms with Crippen LogP contribution in [0.4, 0.5) is 0 Å². The maximum absolute atomic E-state index is 11.7. The summed E-state index contributed by atoms with van der Waals surface area (Å²) in [6.07, 6.45) is 2.02. The Balaban J connectivity index is 2.31. The standard InChI is InChI=1S/C16H25NO3S/c1-10-7-13-9-15(17-12(3)21(6,18)19)16(4,5)20-14(13)8-11(10)2/h7-8,12,15,17H,9H2,1-6H3. The van der Waals surface area contributed by atoms with Gasteiger partial charge in [-0.15, -0.1) is 0 Å². The van der Waals surface area contributed by atoms with Gasteiger partial charge in [0.25, 0.3) is 0 Å². The highest BCUT2D eigenvalue weighted by Crippen LogP contribution is 2.35. The zero-order valence-corrected chi connectivity index (χ0v) is 14.5. The van der Waals surface area contributed by atoms with E-state index in [1.807, 2.05) is 13.8 Å². The van der Waals surface area contributed by atoms with Crippen LogP contribution in [0, 0.1) is 13.8 Å². The van der Waals surface area contributed by atoms with Gasteiger partial charge in [0.2, 0.25) is 0 Å². The Morgan fingerprint density at radius 1 is 1.29 bits per heavy atom. The second-order valence-electron chi connectivity index (χ2n) is 6.64. The molecule has 2 unspecified atom stereocenters. The molecule has 1 aromatic rings. The zero-order valence-electron chi connectivity index (χ0n) is 13.6. The van der Waals surface area contributed by atoms with Gasteiger partial charge in [-0.25, -0.2) is 8.42 Å². The summed E-state index contributed by atoms with van der Waals surface area (Å²) in [5.41, 5.74) is 3.12. The molecule has 0 spiro atoms. The Labute approximate surface area is 127 Å². The topological polar surface area (TPSA) is 55.4 Å². The second-order valence-corrected chi connectivity index (χ2v) is 9.01. The molecule has 2 rings (SSSR count). The second kappa shape index (κ2) is 5.29. The molecule has 0 saturated carbocycles. The number of benzene rings is 1. The quantitative estimate of drug-likeness (QED) is 0.931. The van der Waals surface area contributed by atoms with Crippen molar-refractivity contribution in [2.45, 2.75) is 58.1 Å². The molecule has 0 fully saturated rings. The van der Waals surface area contributed by atoms with Gasteiger partial charge in [-0.1, -0.05) is 6.07 Å².